The quantitative estimate of drug-likeness (QED) is 0.0741. The number of rotatable bonds is 16. The van der Waals surface area contributed by atoms with Crippen LogP contribution >= 0.6 is 12.4 Å². The van der Waals surface area contributed by atoms with Crippen molar-refractivity contribution in [2.75, 3.05) is 13.2 Å². The molecule has 0 amide bonds. The third kappa shape index (κ3) is 11.9. The highest BCUT2D eigenvalue weighted by atomic mass is 35.5. The summed E-state index contributed by atoms with van der Waals surface area (Å²) in [5, 5.41) is 11.5. The van der Waals surface area contributed by atoms with Gasteiger partial charge in [-0.05, 0) is 58.1 Å². The summed E-state index contributed by atoms with van der Waals surface area (Å²) in [4.78, 5) is 32.0. The molecule has 3 N–H and O–H groups in total. The number of nitrogens with two attached hydrogens (primary N) is 1. The molecule has 6 aromatic rings. The van der Waals surface area contributed by atoms with E-state index in [1.165, 1.54) is 22.9 Å². The zero-order chi connectivity index (χ0) is 42.7. The molecule has 9 nitrogen and oxygen atoms in total. The molecule has 6 rings (SSSR count). The first kappa shape index (κ1) is 47.7. The highest BCUT2D eigenvalue weighted by Crippen LogP contribution is 2.37. The molecule has 2 heterocycles. The largest absolute Gasteiger partial charge is 0.407 e. The van der Waals surface area contributed by atoms with Gasteiger partial charge in [-0.1, -0.05) is 137 Å². The Labute approximate surface area is 363 Å². The van der Waals surface area contributed by atoms with Crippen LogP contribution < -0.4 is 16.1 Å². The number of ketones is 2. The number of Topliss-reactive ketones (excluding diaryl/α,β-unsaturated/α-hetero) is 2. The number of nitrogens with zero attached hydrogens (tertiary/aromatic N) is 4. The Morgan fingerprint density at radius 2 is 1.12 bits per heavy atom. The molecule has 2 aromatic heterocycles. The van der Waals surface area contributed by atoms with E-state index in [0.717, 1.165) is 53.9 Å². The van der Waals surface area contributed by atoms with E-state index in [4.69, 9.17) is 15.3 Å². The number of halogens is 1. The van der Waals surface area contributed by atoms with Crippen LogP contribution in [0.3, 0.4) is 0 Å². The average Bonchev–Trinajstić information content (AvgIpc) is 3.80. The van der Waals surface area contributed by atoms with Crippen molar-refractivity contribution < 1.29 is 19.1 Å². The molecule has 2 atom stereocenters. The molecule has 0 aliphatic carbocycles. The third-order valence-electron chi connectivity index (χ3n) is 10.8. The molecule has 0 radical (unpaired) electrons. The molecule has 0 bridgehead atoms. The lowest BCUT2D eigenvalue weighted by Gasteiger charge is -2.43. The number of aliphatic hydroxyl groups excluding tert-OH is 1. The number of carbonyl (C=O) groups is 2. The molecule has 11 heteroatoms. The number of aromatic nitrogens is 4. The maximum atomic E-state index is 11.8. The lowest BCUT2D eigenvalue weighted by molar-refractivity contribution is 0.0992. The molecule has 0 unspecified atom stereocenters. The van der Waals surface area contributed by atoms with Crippen molar-refractivity contribution in [2.24, 2.45) is 25.7 Å². The summed E-state index contributed by atoms with van der Waals surface area (Å²) in [7, 11) is 1.18. The summed E-state index contributed by atoms with van der Waals surface area (Å²) in [6.07, 6.45) is 7.09. The molecular formula is C49H62ClN5O4Si. The van der Waals surface area contributed by atoms with Crippen molar-refractivity contribution in [1.29, 1.82) is 0 Å². The van der Waals surface area contributed by atoms with Gasteiger partial charge in [-0.3, -0.25) is 9.59 Å². The number of carbonyl (C=O) groups excluding carboxylic acids is 2. The van der Waals surface area contributed by atoms with Crippen LogP contribution in [0, 0.1) is 5.92 Å². The first-order valence-corrected chi connectivity index (χ1v) is 22.4. The molecule has 0 saturated heterocycles. The van der Waals surface area contributed by atoms with E-state index in [9.17, 15) is 9.59 Å². The lowest BCUT2D eigenvalue weighted by Crippen LogP contribution is -2.66. The second-order valence-electron chi connectivity index (χ2n) is 16.7. The van der Waals surface area contributed by atoms with Gasteiger partial charge in [-0.25, -0.2) is 9.97 Å². The second-order valence-corrected chi connectivity index (χ2v) is 21.0. The molecule has 0 spiro atoms. The minimum Gasteiger partial charge on any atom is -0.407 e. The Morgan fingerprint density at radius 3 is 1.48 bits per heavy atom. The normalized spacial score (nSPS) is 12.5. The van der Waals surface area contributed by atoms with E-state index < -0.39 is 8.32 Å². The molecule has 60 heavy (non-hydrogen) atoms. The minimum absolute atomic E-state index is 0. The molecule has 0 aliphatic rings. The van der Waals surface area contributed by atoms with Gasteiger partial charge in [0.1, 0.15) is 0 Å². The topological polar surface area (TPSA) is 125 Å². The van der Waals surface area contributed by atoms with Gasteiger partial charge in [0.25, 0.3) is 8.32 Å². The fourth-order valence-corrected chi connectivity index (χ4v) is 12.3. The molecule has 4 aromatic carbocycles. The van der Waals surface area contributed by atoms with E-state index in [2.05, 4.69) is 123 Å². The number of aryl methyl sites for hydroxylation is 2. The monoisotopic (exact) mass is 847 g/mol. The number of benzene rings is 4. The zero-order valence-corrected chi connectivity index (χ0v) is 38.2. The van der Waals surface area contributed by atoms with Gasteiger partial charge in [0, 0.05) is 70.7 Å². The van der Waals surface area contributed by atoms with Gasteiger partial charge in [-0.2, -0.15) is 0 Å². The summed E-state index contributed by atoms with van der Waals surface area (Å²) in [6.45, 7) is 13.2. The number of hydrogen-bond donors (Lipinski definition) is 2. The molecule has 318 valence electrons. The SMILES string of the molecule is CC(=O)c1nc(-c2ccc(C[C@H](C)CCO[Si](c3ccccc3)(c3ccccc3)C(C)(C)C)cc2)cn1C.CC(=O)c1nc(-c2ccc(C[C@H](N)CCO)cc2)cn1C.Cl. The zero-order valence-electron chi connectivity index (χ0n) is 36.4. The summed E-state index contributed by atoms with van der Waals surface area (Å²) in [5.41, 5.74) is 11.9. The number of hydrogen-bond acceptors (Lipinski definition) is 7. The van der Waals surface area contributed by atoms with Gasteiger partial charge in [-0.15, -0.1) is 12.4 Å². The van der Waals surface area contributed by atoms with E-state index >= 15 is 0 Å². The predicted molar refractivity (Wildman–Crippen MR) is 249 cm³/mol. The van der Waals surface area contributed by atoms with Crippen LogP contribution in [-0.2, 0) is 31.4 Å². The molecule has 0 saturated carbocycles. The molecule has 0 aliphatic heterocycles. The maximum Gasteiger partial charge on any atom is 0.261 e. The highest BCUT2D eigenvalue weighted by molar-refractivity contribution is 6.99. The van der Waals surface area contributed by atoms with Gasteiger partial charge in [0.05, 0.1) is 11.4 Å². The summed E-state index contributed by atoms with van der Waals surface area (Å²) in [6, 6.07) is 38.2. The van der Waals surface area contributed by atoms with Crippen molar-refractivity contribution >= 4 is 42.7 Å². The Hall–Kier alpha value is -4.97. The number of aliphatic hydroxyl groups is 1. The van der Waals surface area contributed by atoms with E-state index in [-0.39, 0.29) is 41.7 Å². The second kappa shape index (κ2) is 21.5. The highest BCUT2D eigenvalue weighted by Gasteiger charge is 2.50. The van der Waals surface area contributed by atoms with Gasteiger partial charge in [0.2, 0.25) is 0 Å². The molecule has 0 fully saturated rings. The minimum atomic E-state index is -2.50. The van der Waals surface area contributed by atoms with Crippen LogP contribution in [0.15, 0.2) is 122 Å². The van der Waals surface area contributed by atoms with Crippen LogP contribution in [0.4, 0.5) is 0 Å². The van der Waals surface area contributed by atoms with Crippen LogP contribution in [-0.4, -0.2) is 63.3 Å². The maximum absolute atomic E-state index is 11.8. The first-order valence-electron chi connectivity index (χ1n) is 20.5. The fraction of sp³-hybridized carbons (Fsp3) is 0.347. The van der Waals surface area contributed by atoms with Crippen molar-refractivity contribution in [1.82, 2.24) is 19.1 Å². The van der Waals surface area contributed by atoms with Crippen LogP contribution in [0.5, 0.6) is 0 Å². The van der Waals surface area contributed by atoms with Crippen LogP contribution in [0.25, 0.3) is 22.5 Å². The Morgan fingerprint density at radius 1 is 0.700 bits per heavy atom. The first-order chi connectivity index (χ1) is 28.1. The van der Waals surface area contributed by atoms with E-state index in [1.54, 1.807) is 16.1 Å². The Balaban J connectivity index is 0.000000306. The van der Waals surface area contributed by atoms with Crippen LogP contribution in [0.2, 0.25) is 5.04 Å². The van der Waals surface area contributed by atoms with Gasteiger partial charge < -0.3 is 24.4 Å². The summed E-state index contributed by atoms with van der Waals surface area (Å²) in [5.74, 6) is 1.36. The van der Waals surface area contributed by atoms with Crippen molar-refractivity contribution in [3.63, 3.8) is 0 Å². The van der Waals surface area contributed by atoms with E-state index in [1.807, 2.05) is 50.8 Å². The van der Waals surface area contributed by atoms with E-state index in [0.29, 0.717) is 24.0 Å². The van der Waals surface area contributed by atoms with Crippen molar-refractivity contribution in [2.45, 2.75) is 78.3 Å². The smallest absolute Gasteiger partial charge is 0.261 e. The fourth-order valence-electron chi connectivity index (χ4n) is 7.74. The van der Waals surface area contributed by atoms with Crippen LogP contribution in [0.1, 0.15) is 86.7 Å². The lowest BCUT2D eigenvalue weighted by atomic mass is 9.97. The predicted octanol–water partition coefficient (Wildman–Crippen LogP) is 8.40. The average molecular weight is 849 g/mol. The number of imidazole rings is 2. The third-order valence-corrected chi connectivity index (χ3v) is 15.9. The standard InChI is InChI=1S/C33H40N2O2Si.C16H21N3O2.ClH/c1-25(23-27-17-19-28(20-18-27)31-24-35(6)32(34-31)26(2)36)21-22-37-38(33(3,4)5,29-13-9-7-10-14-29)30-15-11-8-12-16-30;1-11(21)16-18-15(10-19(16)2)13-5-3-12(4-6-13)9-14(17)7-8-20;/h7-20,24-25H,21-23H2,1-6H3;3-6,10,14,20H,7-9,17H2,1-2H3;1H/t25-;14-;/m11./s1. The van der Waals surface area contributed by atoms with Gasteiger partial charge >= 0.3 is 0 Å². The Kier molecular flexibility index (Phi) is 17.1. The van der Waals surface area contributed by atoms with Gasteiger partial charge in [0.15, 0.2) is 23.2 Å². The van der Waals surface area contributed by atoms with Crippen molar-refractivity contribution in [3.05, 3.63) is 144 Å². The van der Waals surface area contributed by atoms with Crippen molar-refractivity contribution in [3.8, 4) is 22.5 Å². The summed E-state index contributed by atoms with van der Waals surface area (Å²) < 4.78 is 10.6. The molecular weight excluding hydrogens is 786 g/mol. The Bertz CT molecular complexity index is 2230. The summed E-state index contributed by atoms with van der Waals surface area (Å²) >= 11 is 0.